The summed E-state index contributed by atoms with van der Waals surface area (Å²) in [4.78, 5) is 13.7. The van der Waals surface area contributed by atoms with E-state index in [9.17, 15) is 17.6 Å². The second-order valence-electron chi connectivity index (χ2n) is 4.83. The van der Waals surface area contributed by atoms with Crippen molar-refractivity contribution < 1.29 is 17.6 Å². The number of benzene rings is 1. The molecule has 0 saturated carbocycles. The molecule has 8 heteroatoms. The highest BCUT2D eigenvalue weighted by molar-refractivity contribution is 9.10. The summed E-state index contributed by atoms with van der Waals surface area (Å²) in [7, 11) is -1.53. The average Bonchev–Trinajstić information content (AvgIpc) is 2.72. The fraction of sp³-hybridized carbons (Fsp3) is 0.417. The van der Waals surface area contributed by atoms with Crippen molar-refractivity contribution in [1.82, 2.24) is 4.90 Å². The van der Waals surface area contributed by atoms with Gasteiger partial charge in [-0.3, -0.25) is 4.79 Å². The van der Waals surface area contributed by atoms with E-state index in [4.69, 9.17) is 5.73 Å². The standard InChI is InChI=1S/C12H14BrFN2O3S/c1-16(7-2-3-20(18,19)6-7)12(17)8-4-11(15)10(14)5-9(8)13/h4-5,7H,2-3,6,15H2,1H3. The zero-order valence-corrected chi connectivity index (χ0v) is 13.2. The highest BCUT2D eigenvalue weighted by Gasteiger charge is 2.33. The van der Waals surface area contributed by atoms with E-state index >= 15 is 0 Å². The van der Waals surface area contributed by atoms with E-state index < -0.39 is 15.7 Å². The van der Waals surface area contributed by atoms with Crippen molar-refractivity contribution in [1.29, 1.82) is 0 Å². The number of nitrogen functional groups attached to an aromatic ring is 1. The Morgan fingerprint density at radius 3 is 2.70 bits per heavy atom. The van der Waals surface area contributed by atoms with E-state index in [1.165, 1.54) is 11.0 Å². The topological polar surface area (TPSA) is 80.5 Å². The van der Waals surface area contributed by atoms with Gasteiger partial charge in [0.1, 0.15) is 5.82 Å². The van der Waals surface area contributed by atoms with Crippen LogP contribution in [0.15, 0.2) is 16.6 Å². The third-order valence-corrected chi connectivity index (χ3v) is 5.80. The average molecular weight is 365 g/mol. The molecule has 1 aromatic rings. The van der Waals surface area contributed by atoms with Crippen molar-refractivity contribution >= 4 is 37.4 Å². The lowest BCUT2D eigenvalue weighted by atomic mass is 10.1. The Bertz CT molecular complexity index is 663. The number of nitrogens with zero attached hydrogens (tertiary/aromatic N) is 1. The smallest absolute Gasteiger partial charge is 0.255 e. The number of rotatable bonds is 2. The molecule has 1 heterocycles. The number of halogens is 2. The minimum atomic E-state index is -3.07. The number of anilines is 1. The van der Waals surface area contributed by atoms with Crippen LogP contribution in [0.25, 0.3) is 0 Å². The van der Waals surface area contributed by atoms with Gasteiger partial charge in [-0.15, -0.1) is 0 Å². The van der Waals surface area contributed by atoms with Crippen LogP contribution >= 0.6 is 15.9 Å². The third-order valence-electron chi connectivity index (χ3n) is 3.39. The second-order valence-corrected chi connectivity index (χ2v) is 7.91. The summed E-state index contributed by atoms with van der Waals surface area (Å²) in [6.07, 6.45) is 0.416. The summed E-state index contributed by atoms with van der Waals surface area (Å²) in [5.41, 5.74) is 5.56. The SMILES string of the molecule is CN(C(=O)c1cc(N)c(F)cc1Br)C1CCS(=O)(=O)C1. The molecule has 0 bridgehead atoms. The van der Waals surface area contributed by atoms with Crippen molar-refractivity contribution in [3.63, 3.8) is 0 Å². The lowest BCUT2D eigenvalue weighted by Gasteiger charge is -2.24. The zero-order chi connectivity index (χ0) is 15.1. The van der Waals surface area contributed by atoms with E-state index in [0.717, 1.165) is 6.07 Å². The van der Waals surface area contributed by atoms with Crippen LogP contribution in [0.2, 0.25) is 0 Å². The first-order valence-electron chi connectivity index (χ1n) is 5.93. The molecule has 1 atom stereocenters. The molecule has 0 aromatic heterocycles. The highest BCUT2D eigenvalue weighted by atomic mass is 79.9. The van der Waals surface area contributed by atoms with E-state index in [1.54, 1.807) is 7.05 Å². The normalized spacial score (nSPS) is 20.9. The van der Waals surface area contributed by atoms with Gasteiger partial charge in [-0.05, 0) is 34.5 Å². The van der Waals surface area contributed by atoms with Crippen LogP contribution in [0.4, 0.5) is 10.1 Å². The second kappa shape index (κ2) is 5.33. The molecule has 1 amide bonds. The van der Waals surface area contributed by atoms with Crippen LogP contribution in [-0.4, -0.2) is 43.8 Å². The summed E-state index contributed by atoms with van der Waals surface area (Å²) in [6, 6.07) is 2.02. The molecule has 1 aliphatic heterocycles. The molecule has 0 aliphatic carbocycles. The van der Waals surface area contributed by atoms with Crippen molar-refractivity contribution in [2.45, 2.75) is 12.5 Å². The summed E-state index contributed by atoms with van der Waals surface area (Å²) >= 11 is 3.12. The first-order chi connectivity index (χ1) is 9.21. The molecule has 110 valence electrons. The van der Waals surface area contributed by atoms with Gasteiger partial charge in [-0.25, -0.2) is 12.8 Å². The molecule has 1 aromatic carbocycles. The fourth-order valence-corrected chi connectivity index (χ4v) is 4.43. The first kappa shape index (κ1) is 15.2. The molecule has 2 N–H and O–H groups in total. The summed E-state index contributed by atoms with van der Waals surface area (Å²) in [5.74, 6) is -0.948. The molecule has 5 nitrogen and oxygen atoms in total. The van der Waals surface area contributed by atoms with Crippen LogP contribution in [0.1, 0.15) is 16.8 Å². The molecule has 0 radical (unpaired) electrons. The number of sulfone groups is 1. The molecule has 1 unspecified atom stereocenters. The van der Waals surface area contributed by atoms with Gasteiger partial charge in [0.15, 0.2) is 9.84 Å². The van der Waals surface area contributed by atoms with Crippen LogP contribution in [0.3, 0.4) is 0 Å². The fourth-order valence-electron chi connectivity index (χ4n) is 2.17. The minimum Gasteiger partial charge on any atom is -0.396 e. The van der Waals surface area contributed by atoms with Gasteiger partial charge < -0.3 is 10.6 Å². The zero-order valence-electron chi connectivity index (χ0n) is 10.8. The van der Waals surface area contributed by atoms with Gasteiger partial charge in [-0.1, -0.05) is 0 Å². The molecule has 0 spiro atoms. The maximum absolute atomic E-state index is 13.3. The molecule has 1 fully saturated rings. The Labute approximate surface area is 125 Å². The molecular weight excluding hydrogens is 351 g/mol. The molecule has 1 saturated heterocycles. The summed E-state index contributed by atoms with van der Waals surface area (Å²) in [6.45, 7) is 0. The Morgan fingerprint density at radius 2 is 2.15 bits per heavy atom. The third kappa shape index (κ3) is 2.95. The maximum Gasteiger partial charge on any atom is 0.255 e. The van der Waals surface area contributed by atoms with Crippen LogP contribution in [0, 0.1) is 5.82 Å². The van der Waals surface area contributed by atoms with Crippen molar-refractivity contribution in [2.75, 3.05) is 24.3 Å². The number of carbonyl (C=O) groups excluding carboxylic acids is 1. The van der Waals surface area contributed by atoms with Crippen molar-refractivity contribution in [3.8, 4) is 0 Å². The van der Waals surface area contributed by atoms with Gasteiger partial charge in [0.2, 0.25) is 0 Å². The number of nitrogens with two attached hydrogens (primary N) is 1. The Kier molecular flexibility index (Phi) is 4.06. The quantitative estimate of drug-likeness (QED) is 0.804. The van der Waals surface area contributed by atoms with Crippen molar-refractivity contribution in [3.05, 3.63) is 28.0 Å². The van der Waals surface area contributed by atoms with Gasteiger partial charge in [-0.2, -0.15) is 0 Å². The molecule has 2 rings (SSSR count). The summed E-state index contributed by atoms with van der Waals surface area (Å²) < 4.78 is 36.5. The van der Waals surface area contributed by atoms with Gasteiger partial charge in [0, 0.05) is 17.6 Å². The first-order valence-corrected chi connectivity index (χ1v) is 8.55. The Balaban J connectivity index is 2.26. The Hall–Kier alpha value is -1.15. The van der Waals surface area contributed by atoms with E-state index in [1.807, 2.05) is 0 Å². The van der Waals surface area contributed by atoms with Crippen molar-refractivity contribution in [2.24, 2.45) is 0 Å². The molecule has 1 aliphatic rings. The minimum absolute atomic E-state index is 0.0382. The number of hydrogen-bond acceptors (Lipinski definition) is 4. The van der Waals surface area contributed by atoms with Gasteiger partial charge in [0.25, 0.3) is 5.91 Å². The predicted molar refractivity (Wildman–Crippen MR) is 77.7 cm³/mol. The highest BCUT2D eigenvalue weighted by Crippen LogP contribution is 2.26. The van der Waals surface area contributed by atoms with Crippen LogP contribution in [-0.2, 0) is 9.84 Å². The van der Waals surface area contributed by atoms with Gasteiger partial charge >= 0.3 is 0 Å². The number of amides is 1. The summed E-state index contributed by atoms with van der Waals surface area (Å²) in [5, 5.41) is 0. The monoisotopic (exact) mass is 364 g/mol. The Morgan fingerprint density at radius 1 is 1.50 bits per heavy atom. The molecule has 20 heavy (non-hydrogen) atoms. The lowest BCUT2D eigenvalue weighted by Crippen LogP contribution is -2.38. The van der Waals surface area contributed by atoms with E-state index in [2.05, 4.69) is 15.9 Å². The van der Waals surface area contributed by atoms with Crippen LogP contribution < -0.4 is 5.73 Å². The maximum atomic E-state index is 13.3. The van der Waals surface area contributed by atoms with E-state index in [-0.39, 0.29) is 34.7 Å². The predicted octanol–water partition coefficient (Wildman–Crippen LogP) is 1.43. The van der Waals surface area contributed by atoms with Gasteiger partial charge in [0.05, 0.1) is 22.8 Å². The molecular formula is C12H14BrFN2O3S. The lowest BCUT2D eigenvalue weighted by molar-refractivity contribution is 0.0747. The number of hydrogen-bond donors (Lipinski definition) is 1. The van der Waals surface area contributed by atoms with Crippen LogP contribution in [0.5, 0.6) is 0 Å². The number of carbonyl (C=O) groups is 1. The van der Waals surface area contributed by atoms with E-state index in [0.29, 0.717) is 10.9 Å². The largest absolute Gasteiger partial charge is 0.396 e.